The van der Waals surface area contributed by atoms with Crippen LogP contribution in [0.15, 0.2) is 59.4 Å². The summed E-state index contributed by atoms with van der Waals surface area (Å²) >= 11 is 0. The molecule has 0 radical (unpaired) electrons. The second kappa shape index (κ2) is 11.0. The summed E-state index contributed by atoms with van der Waals surface area (Å²) in [5.41, 5.74) is 4.64. The molecular weight excluding hydrogens is 356 g/mol. The number of benzene rings is 1. The van der Waals surface area contributed by atoms with Crippen molar-refractivity contribution in [2.75, 3.05) is 33.7 Å². The number of hydrogen-bond donors (Lipinski definition) is 1. The van der Waals surface area contributed by atoms with E-state index in [1.807, 2.05) is 6.08 Å². The lowest BCUT2D eigenvalue weighted by molar-refractivity contribution is 0.280. The highest BCUT2D eigenvalue weighted by Gasteiger charge is 2.21. The standard InChI is InChI=1S/C25H38N4/c1-8-19(3)18-28(6)16-12-15-26-24-17-23(22-14-11-10-13-21(22)5)27-25(29(24)7)20(4)9-2/h9-11,13-14,17,19,27H,2,8,12,15-16,18H2,1,3-7H3/b25-20-,26-24?. The highest BCUT2D eigenvalue weighted by Crippen LogP contribution is 2.24. The maximum Gasteiger partial charge on any atom is 0.130 e. The van der Waals surface area contributed by atoms with Gasteiger partial charge in [0.1, 0.15) is 11.7 Å². The Balaban J connectivity index is 2.19. The summed E-state index contributed by atoms with van der Waals surface area (Å²) < 4.78 is 0. The summed E-state index contributed by atoms with van der Waals surface area (Å²) in [6.45, 7) is 15.8. The van der Waals surface area contributed by atoms with Gasteiger partial charge in [0.15, 0.2) is 0 Å². The second-order valence-electron chi connectivity index (χ2n) is 8.16. The van der Waals surface area contributed by atoms with E-state index in [4.69, 9.17) is 4.99 Å². The van der Waals surface area contributed by atoms with Crippen LogP contribution in [0.2, 0.25) is 0 Å². The van der Waals surface area contributed by atoms with E-state index in [0.29, 0.717) is 0 Å². The first kappa shape index (κ1) is 23.0. The Labute approximate surface area is 177 Å². The minimum atomic E-state index is 0.746. The Morgan fingerprint density at radius 3 is 2.72 bits per heavy atom. The first-order chi connectivity index (χ1) is 13.9. The lowest BCUT2D eigenvalue weighted by atomic mass is 10.0. The van der Waals surface area contributed by atoms with Crippen molar-refractivity contribution in [1.82, 2.24) is 15.1 Å². The van der Waals surface area contributed by atoms with Crippen LogP contribution in [-0.4, -0.2) is 49.4 Å². The van der Waals surface area contributed by atoms with E-state index >= 15 is 0 Å². The van der Waals surface area contributed by atoms with Crippen LogP contribution in [0.25, 0.3) is 5.70 Å². The molecule has 158 valence electrons. The molecule has 1 aromatic carbocycles. The van der Waals surface area contributed by atoms with Gasteiger partial charge in [0.2, 0.25) is 0 Å². The molecule has 4 nitrogen and oxygen atoms in total. The molecule has 1 aliphatic rings. The molecule has 4 heteroatoms. The van der Waals surface area contributed by atoms with E-state index in [9.17, 15) is 0 Å². The Morgan fingerprint density at radius 1 is 1.34 bits per heavy atom. The lowest BCUT2D eigenvalue weighted by Crippen LogP contribution is -2.38. The normalized spacial score (nSPS) is 18.5. The van der Waals surface area contributed by atoms with Gasteiger partial charge in [-0.15, -0.1) is 0 Å². The Bertz CT molecular complexity index is 788. The fourth-order valence-corrected chi connectivity index (χ4v) is 3.51. The van der Waals surface area contributed by atoms with Crippen LogP contribution in [0.4, 0.5) is 0 Å². The quantitative estimate of drug-likeness (QED) is 0.594. The Kier molecular flexibility index (Phi) is 8.71. The first-order valence-electron chi connectivity index (χ1n) is 10.7. The zero-order valence-corrected chi connectivity index (χ0v) is 19.1. The van der Waals surface area contributed by atoms with E-state index in [0.717, 1.165) is 54.9 Å². The van der Waals surface area contributed by atoms with E-state index < -0.39 is 0 Å². The zero-order valence-electron chi connectivity index (χ0n) is 19.1. The summed E-state index contributed by atoms with van der Waals surface area (Å²) in [4.78, 5) is 9.48. The Morgan fingerprint density at radius 2 is 2.07 bits per heavy atom. The molecule has 1 unspecified atom stereocenters. The molecule has 29 heavy (non-hydrogen) atoms. The molecule has 0 aromatic heterocycles. The van der Waals surface area contributed by atoms with E-state index in [1.54, 1.807) is 0 Å². The number of nitrogens with zero attached hydrogens (tertiary/aromatic N) is 3. The third-order valence-corrected chi connectivity index (χ3v) is 5.61. The van der Waals surface area contributed by atoms with Gasteiger partial charge in [-0.3, -0.25) is 4.99 Å². The van der Waals surface area contributed by atoms with Crippen LogP contribution in [-0.2, 0) is 0 Å². The van der Waals surface area contributed by atoms with Crippen molar-refractivity contribution in [1.29, 1.82) is 0 Å². The summed E-state index contributed by atoms with van der Waals surface area (Å²) in [5.74, 6) is 2.77. The fourth-order valence-electron chi connectivity index (χ4n) is 3.51. The van der Waals surface area contributed by atoms with Crippen molar-refractivity contribution in [3.63, 3.8) is 0 Å². The molecule has 0 aliphatic carbocycles. The Hall–Kier alpha value is -2.33. The second-order valence-corrected chi connectivity index (χ2v) is 8.16. The van der Waals surface area contributed by atoms with Gasteiger partial charge in [0.05, 0.1) is 5.70 Å². The molecule has 0 spiro atoms. The third-order valence-electron chi connectivity index (χ3n) is 5.61. The summed E-state index contributed by atoms with van der Waals surface area (Å²) in [6.07, 6.45) is 6.34. The maximum atomic E-state index is 4.94. The van der Waals surface area contributed by atoms with Gasteiger partial charge >= 0.3 is 0 Å². The molecule has 1 heterocycles. The third kappa shape index (κ3) is 6.33. The number of rotatable bonds is 9. The summed E-state index contributed by atoms with van der Waals surface area (Å²) in [7, 11) is 4.27. The van der Waals surface area contributed by atoms with Crippen LogP contribution >= 0.6 is 0 Å². The molecule has 1 atom stereocenters. The monoisotopic (exact) mass is 394 g/mol. The average molecular weight is 395 g/mol. The number of nitrogens with one attached hydrogen (secondary N) is 1. The van der Waals surface area contributed by atoms with Crippen LogP contribution in [0, 0.1) is 12.8 Å². The van der Waals surface area contributed by atoms with E-state index in [2.05, 4.69) is 93.8 Å². The van der Waals surface area contributed by atoms with Crippen molar-refractivity contribution in [2.24, 2.45) is 10.9 Å². The number of likely N-dealkylation sites (N-methyl/N-ethyl adjacent to an activating group) is 1. The number of aliphatic imine (C=N–C) groups is 1. The van der Waals surface area contributed by atoms with Crippen LogP contribution in [0.3, 0.4) is 0 Å². The number of allylic oxidation sites excluding steroid dienone is 2. The van der Waals surface area contributed by atoms with Gasteiger partial charge in [-0.2, -0.15) is 0 Å². The molecule has 0 saturated heterocycles. The SMILES string of the molecule is C=C/C(C)=C1/NC(c2ccccc2C)=CC(=NCCCN(C)CC(C)CC)N1C. The highest BCUT2D eigenvalue weighted by molar-refractivity contribution is 6.02. The molecule has 1 N–H and O–H groups in total. The summed E-state index contributed by atoms with van der Waals surface area (Å²) in [5, 5.41) is 3.58. The fraction of sp³-hybridized carbons (Fsp3) is 0.480. The first-order valence-corrected chi connectivity index (χ1v) is 10.7. The van der Waals surface area contributed by atoms with Crippen LogP contribution in [0.1, 0.15) is 44.7 Å². The van der Waals surface area contributed by atoms with Gasteiger partial charge < -0.3 is 15.1 Å². The van der Waals surface area contributed by atoms with Crippen molar-refractivity contribution >= 4 is 11.5 Å². The molecule has 1 aromatic rings. The maximum absolute atomic E-state index is 4.94. The van der Waals surface area contributed by atoms with E-state index in [-0.39, 0.29) is 0 Å². The molecule has 1 aliphatic heterocycles. The smallest absolute Gasteiger partial charge is 0.130 e. The van der Waals surface area contributed by atoms with Crippen molar-refractivity contribution in [2.45, 2.75) is 40.5 Å². The largest absolute Gasteiger partial charge is 0.341 e. The van der Waals surface area contributed by atoms with Gasteiger partial charge in [-0.1, -0.05) is 57.2 Å². The van der Waals surface area contributed by atoms with E-state index in [1.165, 1.54) is 17.5 Å². The molecule has 0 fully saturated rings. The minimum absolute atomic E-state index is 0.746. The van der Waals surface area contributed by atoms with Crippen molar-refractivity contribution in [3.05, 3.63) is 65.5 Å². The van der Waals surface area contributed by atoms with Gasteiger partial charge in [0, 0.05) is 31.8 Å². The van der Waals surface area contributed by atoms with Crippen LogP contribution in [0.5, 0.6) is 0 Å². The van der Waals surface area contributed by atoms with Crippen molar-refractivity contribution < 1.29 is 0 Å². The molecule has 0 bridgehead atoms. The predicted molar refractivity (Wildman–Crippen MR) is 127 cm³/mol. The minimum Gasteiger partial charge on any atom is -0.341 e. The van der Waals surface area contributed by atoms with Crippen molar-refractivity contribution in [3.8, 4) is 0 Å². The molecule has 0 amide bonds. The topological polar surface area (TPSA) is 30.9 Å². The lowest BCUT2D eigenvalue weighted by Gasteiger charge is -2.32. The van der Waals surface area contributed by atoms with Crippen LogP contribution < -0.4 is 5.32 Å². The number of aryl methyl sites for hydroxylation is 1. The highest BCUT2D eigenvalue weighted by atomic mass is 15.3. The van der Waals surface area contributed by atoms with Gasteiger partial charge in [0.25, 0.3) is 0 Å². The molecule has 0 saturated carbocycles. The van der Waals surface area contributed by atoms with Gasteiger partial charge in [-0.05, 0) is 50.9 Å². The molecular formula is C25H38N4. The zero-order chi connectivity index (χ0) is 21.4. The number of amidine groups is 1. The number of hydrogen-bond acceptors (Lipinski definition) is 3. The molecule has 2 rings (SSSR count). The summed E-state index contributed by atoms with van der Waals surface area (Å²) in [6, 6.07) is 8.45. The predicted octanol–water partition coefficient (Wildman–Crippen LogP) is 5.05. The van der Waals surface area contributed by atoms with Gasteiger partial charge in [-0.25, -0.2) is 0 Å². The average Bonchev–Trinajstić information content (AvgIpc) is 2.72.